The normalized spacial score (nSPS) is 15.4. The summed E-state index contributed by atoms with van der Waals surface area (Å²) in [5, 5.41) is 0. The summed E-state index contributed by atoms with van der Waals surface area (Å²) < 4.78 is 11.2. The van der Waals surface area contributed by atoms with E-state index in [2.05, 4.69) is 4.90 Å². The molecule has 1 aromatic rings. The van der Waals surface area contributed by atoms with Gasteiger partial charge in [-0.1, -0.05) is 0 Å². The molecule has 1 aliphatic rings. The van der Waals surface area contributed by atoms with Gasteiger partial charge in [0.25, 0.3) is 0 Å². The van der Waals surface area contributed by atoms with Crippen molar-refractivity contribution in [3.05, 3.63) is 23.3 Å². The van der Waals surface area contributed by atoms with Gasteiger partial charge >= 0.3 is 0 Å². The summed E-state index contributed by atoms with van der Waals surface area (Å²) in [5.74, 6) is 1.77. The first-order valence-electron chi connectivity index (χ1n) is 6.55. The van der Waals surface area contributed by atoms with Crippen LogP contribution in [0.5, 0.6) is 11.5 Å². The maximum absolute atomic E-state index is 11.4. The number of hydrogen-bond acceptors (Lipinski definition) is 4. The number of fused-ring (bicyclic) bond motifs is 1. The molecule has 0 radical (unpaired) electrons. The molecule has 0 fully saturated rings. The summed E-state index contributed by atoms with van der Waals surface area (Å²) in [7, 11) is 3.98. The fourth-order valence-electron chi connectivity index (χ4n) is 2.41. The lowest BCUT2D eigenvalue weighted by molar-refractivity contribution is -0.118. The number of ketones is 1. The SMILES string of the molecule is CC(=O)CC(c1cc2c(cc1C)OCCO2)N(C)C. The standard InChI is InChI=1S/C15H21NO3/c1-10-7-14-15(19-6-5-18-14)9-12(10)13(16(3)4)8-11(2)17/h7,9,13H,5-6,8H2,1-4H3. The van der Waals surface area contributed by atoms with Gasteiger partial charge in [0.2, 0.25) is 0 Å². The minimum absolute atomic E-state index is 0.0772. The quantitative estimate of drug-likeness (QED) is 0.836. The third-order valence-electron chi connectivity index (χ3n) is 3.39. The summed E-state index contributed by atoms with van der Waals surface area (Å²) in [6, 6.07) is 4.09. The molecule has 104 valence electrons. The van der Waals surface area contributed by atoms with Crippen LogP contribution in [0, 0.1) is 6.92 Å². The van der Waals surface area contributed by atoms with E-state index in [1.807, 2.05) is 33.2 Å². The lowest BCUT2D eigenvalue weighted by Gasteiger charge is -2.27. The Balaban J connectivity index is 2.38. The molecule has 1 aromatic carbocycles. The highest BCUT2D eigenvalue weighted by molar-refractivity contribution is 5.76. The van der Waals surface area contributed by atoms with Gasteiger partial charge < -0.3 is 14.4 Å². The number of benzene rings is 1. The Kier molecular flexibility index (Phi) is 4.10. The number of rotatable bonds is 4. The molecule has 2 rings (SSSR count). The molecule has 0 amide bonds. The summed E-state index contributed by atoms with van der Waals surface area (Å²) in [6.45, 7) is 4.85. The molecule has 0 spiro atoms. The Morgan fingerprint density at radius 3 is 2.37 bits per heavy atom. The van der Waals surface area contributed by atoms with E-state index in [4.69, 9.17) is 9.47 Å². The number of Topliss-reactive ketones (excluding diaryl/α,β-unsaturated/α-hetero) is 1. The molecule has 0 saturated carbocycles. The lowest BCUT2D eigenvalue weighted by atomic mass is 9.95. The average molecular weight is 263 g/mol. The summed E-state index contributed by atoms with van der Waals surface area (Å²) in [5.41, 5.74) is 2.26. The third-order valence-corrected chi connectivity index (χ3v) is 3.39. The van der Waals surface area contributed by atoms with Crippen LogP contribution in [0.4, 0.5) is 0 Å². The van der Waals surface area contributed by atoms with Crippen molar-refractivity contribution >= 4 is 5.78 Å². The predicted molar refractivity (Wildman–Crippen MR) is 73.9 cm³/mol. The van der Waals surface area contributed by atoms with Gasteiger partial charge in [-0.25, -0.2) is 0 Å². The van der Waals surface area contributed by atoms with Crippen LogP contribution in [0.2, 0.25) is 0 Å². The lowest BCUT2D eigenvalue weighted by Crippen LogP contribution is -2.23. The van der Waals surface area contributed by atoms with E-state index in [9.17, 15) is 4.79 Å². The summed E-state index contributed by atoms with van der Waals surface area (Å²) >= 11 is 0. The molecular formula is C15H21NO3. The number of aryl methyl sites for hydroxylation is 1. The van der Waals surface area contributed by atoms with Crippen molar-refractivity contribution in [2.45, 2.75) is 26.3 Å². The van der Waals surface area contributed by atoms with Crippen LogP contribution in [0.1, 0.15) is 30.5 Å². The van der Waals surface area contributed by atoms with Crippen LogP contribution in [-0.2, 0) is 4.79 Å². The zero-order chi connectivity index (χ0) is 14.0. The van der Waals surface area contributed by atoms with Gasteiger partial charge in [-0.15, -0.1) is 0 Å². The van der Waals surface area contributed by atoms with E-state index in [-0.39, 0.29) is 11.8 Å². The molecule has 1 unspecified atom stereocenters. The van der Waals surface area contributed by atoms with Crippen molar-refractivity contribution in [3.8, 4) is 11.5 Å². The second-order valence-corrected chi connectivity index (χ2v) is 5.24. The molecule has 1 aliphatic heterocycles. The fraction of sp³-hybridized carbons (Fsp3) is 0.533. The number of hydrogen-bond donors (Lipinski definition) is 0. The van der Waals surface area contributed by atoms with Gasteiger partial charge in [-0.05, 0) is 51.2 Å². The minimum atomic E-state index is 0.0772. The molecule has 0 saturated heterocycles. The van der Waals surface area contributed by atoms with Crippen molar-refractivity contribution in [2.75, 3.05) is 27.3 Å². The van der Waals surface area contributed by atoms with E-state index >= 15 is 0 Å². The van der Waals surface area contributed by atoms with Crippen LogP contribution in [0.3, 0.4) is 0 Å². The van der Waals surface area contributed by atoms with E-state index < -0.39 is 0 Å². The van der Waals surface area contributed by atoms with Crippen LogP contribution in [0.25, 0.3) is 0 Å². The van der Waals surface area contributed by atoms with Crippen LogP contribution < -0.4 is 9.47 Å². The van der Waals surface area contributed by atoms with E-state index in [1.54, 1.807) is 6.92 Å². The largest absolute Gasteiger partial charge is 0.486 e. The van der Waals surface area contributed by atoms with Gasteiger partial charge in [-0.3, -0.25) is 4.79 Å². The number of carbonyl (C=O) groups is 1. The van der Waals surface area contributed by atoms with Crippen LogP contribution in [-0.4, -0.2) is 38.0 Å². The van der Waals surface area contributed by atoms with Crippen molar-refractivity contribution in [2.24, 2.45) is 0 Å². The number of ether oxygens (including phenoxy) is 2. The highest BCUT2D eigenvalue weighted by Crippen LogP contribution is 2.37. The smallest absolute Gasteiger partial charge is 0.161 e. The molecule has 0 bridgehead atoms. The molecular weight excluding hydrogens is 242 g/mol. The zero-order valence-electron chi connectivity index (χ0n) is 12.0. The van der Waals surface area contributed by atoms with Crippen LogP contribution >= 0.6 is 0 Å². The van der Waals surface area contributed by atoms with Gasteiger partial charge in [0.05, 0.1) is 0 Å². The molecule has 4 heteroatoms. The maximum Gasteiger partial charge on any atom is 0.161 e. The van der Waals surface area contributed by atoms with Crippen molar-refractivity contribution in [1.29, 1.82) is 0 Å². The highest BCUT2D eigenvalue weighted by Gasteiger charge is 2.22. The van der Waals surface area contributed by atoms with Gasteiger partial charge in [-0.2, -0.15) is 0 Å². The first-order valence-corrected chi connectivity index (χ1v) is 6.55. The second-order valence-electron chi connectivity index (χ2n) is 5.24. The molecule has 1 heterocycles. The molecule has 0 aromatic heterocycles. The second kappa shape index (κ2) is 5.61. The van der Waals surface area contributed by atoms with E-state index in [0.717, 1.165) is 22.6 Å². The topological polar surface area (TPSA) is 38.8 Å². The summed E-state index contributed by atoms with van der Waals surface area (Å²) in [4.78, 5) is 13.5. The van der Waals surface area contributed by atoms with E-state index in [1.165, 1.54) is 0 Å². The molecule has 4 nitrogen and oxygen atoms in total. The van der Waals surface area contributed by atoms with Gasteiger partial charge in [0, 0.05) is 12.5 Å². The maximum atomic E-state index is 11.4. The molecule has 0 aliphatic carbocycles. The Hall–Kier alpha value is -1.55. The highest BCUT2D eigenvalue weighted by atomic mass is 16.6. The first kappa shape index (κ1) is 13.9. The average Bonchev–Trinajstić information content (AvgIpc) is 2.35. The molecule has 19 heavy (non-hydrogen) atoms. The minimum Gasteiger partial charge on any atom is -0.486 e. The van der Waals surface area contributed by atoms with Gasteiger partial charge in [0.1, 0.15) is 19.0 Å². The van der Waals surface area contributed by atoms with Crippen molar-refractivity contribution < 1.29 is 14.3 Å². The third kappa shape index (κ3) is 3.07. The van der Waals surface area contributed by atoms with Crippen LogP contribution in [0.15, 0.2) is 12.1 Å². The fourth-order valence-corrected chi connectivity index (χ4v) is 2.41. The Morgan fingerprint density at radius 2 is 1.84 bits per heavy atom. The predicted octanol–water partition coefficient (Wildman–Crippen LogP) is 2.35. The monoisotopic (exact) mass is 263 g/mol. The zero-order valence-corrected chi connectivity index (χ0v) is 12.0. The van der Waals surface area contributed by atoms with Crippen molar-refractivity contribution in [1.82, 2.24) is 4.90 Å². The summed E-state index contributed by atoms with van der Waals surface area (Å²) in [6.07, 6.45) is 0.507. The Bertz CT molecular complexity index is 483. The first-order chi connectivity index (χ1) is 8.99. The van der Waals surface area contributed by atoms with Gasteiger partial charge in [0.15, 0.2) is 11.5 Å². The Morgan fingerprint density at radius 1 is 1.26 bits per heavy atom. The van der Waals surface area contributed by atoms with Crippen molar-refractivity contribution in [3.63, 3.8) is 0 Å². The number of nitrogens with zero attached hydrogens (tertiary/aromatic N) is 1. The Labute approximate surface area is 114 Å². The number of carbonyl (C=O) groups excluding carboxylic acids is 1. The molecule has 0 N–H and O–H groups in total. The molecule has 1 atom stereocenters. The van der Waals surface area contributed by atoms with E-state index in [0.29, 0.717) is 19.6 Å².